The Morgan fingerprint density at radius 2 is 1.81 bits per heavy atom. The fourth-order valence-corrected chi connectivity index (χ4v) is 3.47. The Morgan fingerprint density at radius 3 is 2.41 bits per heavy atom. The maximum atomic E-state index is 6.25. The van der Waals surface area contributed by atoms with Crippen LogP contribution in [-0.2, 0) is 6.54 Å². The molecule has 0 radical (unpaired) electrons. The Hall–Kier alpha value is -0.570. The van der Waals surface area contributed by atoms with Crippen molar-refractivity contribution in [2.45, 2.75) is 33.4 Å². The smallest absolute Gasteiger partial charge is 0.191 e. The number of nitrogens with zero attached hydrogens (tertiary/aromatic N) is 3. The molecule has 2 N–H and O–H groups in total. The first-order valence-corrected chi connectivity index (χ1v) is 10.1. The van der Waals surface area contributed by atoms with Crippen molar-refractivity contribution in [1.29, 1.82) is 0 Å². The summed E-state index contributed by atoms with van der Waals surface area (Å²) in [5.41, 5.74) is 1.05. The molecule has 0 aromatic heterocycles. The van der Waals surface area contributed by atoms with E-state index in [-0.39, 0.29) is 24.0 Å². The van der Waals surface area contributed by atoms with Crippen LogP contribution in [0.3, 0.4) is 0 Å². The molecule has 0 amide bonds. The maximum absolute atomic E-state index is 6.25. The van der Waals surface area contributed by atoms with Crippen molar-refractivity contribution in [2.75, 3.05) is 46.3 Å². The van der Waals surface area contributed by atoms with E-state index in [1.54, 1.807) is 0 Å². The first-order valence-electron chi connectivity index (χ1n) is 9.69. The lowest BCUT2D eigenvalue weighted by Gasteiger charge is -2.40. The average molecular weight is 508 g/mol. The second-order valence-electron chi connectivity index (χ2n) is 7.32. The molecule has 0 spiro atoms. The van der Waals surface area contributed by atoms with Gasteiger partial charge in [-0.1, -0.05) is 43.6 Å². The van der Waals surface area contributed by atoms with Gasteiger partial charge in [-0.05, 0) is 31.5 Å². The van der Waals surface area contributed by atoms with Crippen molar-refractivity contribution >= 4 is 41.5 Å². The van der Waals surface area contributed by atoms with Gasteiger partial charge in [-0.25, -0.2) is 4.99 Å². The predicted molar refractivity (Wildman–Crippen MR) is 127 cm³/mol. The predicted octanol–water partition coefficient (Wildman–Crippen LogP) is 3.29. The van der Waals surface area contributed by atoms with Crippen LogP contribution in [0.15, 0.2) is 29.3 Å². The number of halogens is 2. The number of rotatable bonds is 7. The minimum atomic E-state index is 0. The van der Waals surface area contributed by atoms with Gasteiger partial charge in [-0.3, -0.25) is 4.90 Å². The van der Waals surface area contributed by atoms with E-state index in [0.29, 0.717) is 18.5 Å². The summed E-state index contributed by atoms with van der Waals surface area (Å²) in [5.74, 6) is 1.45. The van der Waals surface area contributed by atoms with Gasteiger partial charge in [-0.2, -0.15) is 0 Å². The van der Waals surface area contributed by atoms with Crippen LogP contribution in [0.1, 0.15) is 26.3 Å². The Bertz CT molecular complexity index is 573. The zero-order chi connectivity index (χ0) is 18.9. The fourth-order valence-electron chi connectivity index (χ4n) is 3.27. The van der Waals surface area contributed by atoms with Crippen LogP contribution in [0, 0.1) is 5.92 Å². The van der Waals surface area contributed by atoms with Crippen molar-refractivity contribution in [1.82, 2.24) is 20.4 Å². The highest BCUT2D eigenvalue weighted by atomic mass is 127. The van der Waals surface area contributed by atoms with Gasteiger partial charge in [-0.15, -0.1) is 24.0 Å². The monoisotopic (exact) mass is 507 g/mol. The van der Waals surface area contributed by atoms with Crippen molar-refractivity contribution in [2.24, 2.45) is 10.9 Å². The van der Waals surface area contributed by atoms with Crippen LogP contribution in [0.5, 0.6) is 0 Å². The molecule has 5 nitrogen and oxygen atoms in total. The van der Waals surface area contributed by atoms with Crippen LogP contribution in [0.25, 0.3) is 0 Å². The van der Waals surface area contributed by atoms with Crippen LogP contribution >= 0.6 is 35.6 Å². The fraction of sp³-hybridized carbons (Fsp3) is 0.650. The van der Waals surface area contributed by atoms with E-state index < -0.39 is 0 Å². The summed E-state index contributed by atoms with van der Waals surface area (Å²) < 4.78 is 0. The molecule has 0 bridgehead atoms. The lowest BCUT2D eigenvalue weighted by molar-refractivity contribution is 0.0900. The highest BCUT2D eigenvalue weighted by molar-refractivity contribution is 14.0. The first kappa shape index (κ1) is 24.5. The molecular weight excluding hydrogens is 473 g/mol. The molecule has 1 heterocycles. The number of aliphatic imine (C=N–C) groups is 1. The van der Waals surface area contributed by atoms with Gasteiger partial charge >= 0.3 is 0 Å². The van der Waals surface area contributed by atoms with Gasteiger partial charge in [0, 0.05) is 50.3 Å². The van der Waals surface area contributed by atoms with E-state index in [2.05, 4.69) is 48.3 Å². The van der Waals surface area contributed by atoms with Gasteiger partial charge in [0.25, 0.3) is 0 Å². The number of benzene rings is 1. The third-order valence-electron chi connectivity index (χ3n) is 4.96. The molecule has 0 saturated carbocycles. The lowest BCUT2D eigenvalue weighted by atomic mass is 10.0. The second kappa shape index (κ2) is 12.8. The van der Waals surface area contributed by atoms with Gasteiger partial charge in [0.15, 0.2) is 5.96 Å². The van der Waals surface area contributed by atoms with Crippen molar-refractivity contribution < 1.29 is 0 Å². The van der Waals surface area contributed by atoms with Gasteiger partial charge in [0.1, 0.15) is 0 Å². The lowest BCUT2D eigenvalue weighted by Crippen LogP contribution is -2.55. The minimum Gasteiger partial charge on any atom is -0.357 e. The summed E-state index contributed by atoms with van der Waals surface area (Å²) in [6.45, 7) is 13.6. The van der Waals surface area contributed by atoms with Gasteiger partial charge in [0.2, 0.25) is 0 Å². The van der Waals surface area contributed by atoms with E-state index in [4.69, 9.17) is 16.6 Å². The highest BCUT2D eigenvalue weighted by Crippen LogP contribution is 2.16. The van der Waals surface area contributed by atoms with E-state index >= 15 is 0 Å². The van der Waals surface area contributed by atoms with E-state index in [0.717, 1.165) is 55.8 Å². The third kappa shape index (κ3) is 8.13. The maximum Gasteiger partial charge on any atom is 0.191 e. The quantitative estimate of drug-likeness (QED) is 0.338. The highest BCUT2D eigenvalue weighted by Gasteiger charge is 2.25. The number of piperazine rings is 1. The summed E-state index contributed by atoms with van der Waals surface area (Å²) in [4.78, 5) is 9.72. The summed E-state index contributed by atoms with van der Waals surface area (Å²) in [6.07, 6.45) is 0. The number of hydrogen-bond acceptors (Lipinski definition) is 3. The SMILES string of the molecule is CCNC(=NCc1ccccc1Cl)NCC(C(C)C)N1CCN(C)CC1.I. The van der Waals surface area contributed by atoms with Crippen LogP contribution in [-0.4, -0.2) is 68.1 Å². The zero-order valence-electron chi connectivity index (χ0n) is 17.0. The normalized spacial score (nSPS) is 17.5. The van der Waals surface area contributed by atoms with E-state index in [1.807, 2.05) is 24.3 Å². The standard InChI is InChI=1S/C20H34ClN5.HI/c1-5-22-20(23-14-17-8-6-7-9-18(17)21)24-15-19(16(2)3)26-12-10-25(4)11-13-26;/h6-9,16,19H,5,10-15H2,1-4H3,(H2,22,23,24);1H. The molecule has 154 valence electrons. The molecule has 1 saturated heterocycles. The molecule has 7 heteroatoms. The second-order valence-corrected chi connectivity index (χ2v) is 7.73. The summed E-state index contributed by atoms with van der Waals surface area (Å²) in [5, 5.41) is 7.65. The van der Waals surface area contributed by atoms with Crippen LogP contribution < -0.4 is 10.6 Å². The molecule has 1 aliphatic rings. The Morgan fingerprint density at radius 1 is 1.15 bits per heavy atom. The minimum absolute atomic E-state index is 0. The molecule has 1 unspecified atom stereocenters. The third-order valence-corrected chi connectivity index (χ3v) is 5.33. The van der Waals surface area contributed by atoms with Gasteiger partial charge in [0.05, 0.1) is 6.54 Å². The molecule has 1 aromatic carbocycles. The van der Waals surface area contributed by atoms with E-state index in [1.165, 1.54) is 0 Å². The average Bonchev–Trinajstić information content (AvgIpc) is 2.62. The molecule has 1 atom stereocenters. The van der Waals surface area contributed by atoms with Crippen molar-refractivity contribution in [3.63, 3.8) is 0 Å². The van der Waals surface area contributed by atoms with Gasteiger partial charge < -0.3 is 15.5 Å². The Labute approximate surface area is 186 Å². The number of nitrogens with one attached hydrogen (secondary N) is 2. The first-order chi connectivity index (χ1) is 12.5. The Balaban J connectivity index is 0.00000364. The largest absolute Gasteiger partial charge is 0.357 e. The summed E-state index contributed by atoms with van der Waals surface area (Å²) in [6, 6.07) is 8.39. The summed E-state index contributed by atoms with van der Waals surface area (Å²) in [7, 11) is 2.20. The molecule has 1 aliphatic heterocycles. The van der Waals surface area contributed by atoms with Crippen molar-refractivity contribution in [3.05, 3.63) is 34.9 Å². The number of likely N-dealkylation sites (N-methyl/N-ethyl adjacent to an activating group) is 1. The summed E-state index contributed by atoms with van der Waals surface area (Å²) >= 11 is 6.25. The molecule has 0 aliphatic carbocycles. The topological polar surface area (TPSA) is 42.9 Å². The van der Waals surface area contributed by atoms with Crippen LogP contribution in [0.2, 0.25) is 5.02 Å². The molecule has 2 rings (SSSR count). The van der Waals surface area contributed by atoms with Crippen molar-refractivity contribution in [3.8, 4) is 0 Å². The molecule has 1 aromatic rings. The Kier molecular flexibility index (Phi) is 11.6. The zero-order valence-corrected chi connectivity index (χ0v) is 20.1. The molecule has 1 fully saturated rings. The van der Waals surface area contributed by atoms with E-state index in [9.17, 15) is 0 Å². The molecule has 27 heavy (non-hydrogen) atoms. The molecular formula is C20H35ClIN5. The number of hydrogen-bond donors (Lipinski definition) is 2. The van der Waals surface area contributed by atoms with Crippen LogP contribution in [0.4, 0.5) is 0 Å². The number of guanidine groups is 1.